The molecule has 10 heavy (non-hydrogen) atoms. The van der Waals surface area contributed by atoms with Crippen LogP contribution in [0.5, 0.6) is 0 Å². The van der Waals surface area contributed by atoms with Gasteiger partial charge in [0.2, 0.25) is 0 Å². The summed E-state index contributed by atoms with van der Waals surface area (Å²) < 4.78 is 0. The fourth-order valence-electron chi connectivity index (χ4n) is 0.977. The Morgan fingerprint density at radius 3 is 3.40 bits per heavy atom. The molecule has 0 aliphatic heterocycles. The molecule has 2 aromatic rings. The zero-order valence-electron chi connectivity index (χ0n) is 5.68. The standard InChI is InChI=1S/C8H7N2/c1-6-4-8-7(10-5-6)2-3-9-8/h2,4-5,9H,1H3. The summed E-state index contributed by atoms with van der Waals surface area (Å²) in [5, 5.41) is 0. The molecule has 0 fully saturated rings. The normalized spacial score (nSPS) is 10.5. The molecule has 0 amide bonds. The largest absolute Gasteiger partial charge is 0.352 e. The Balaban J connectivity index is 2.86. The van der Waals surface area contributed by atoms with Gasteiger partial charge < -0.3 is 4.98 Å². The first-order chi connectivity index (χ1) is 4.86. The average molecular weight is 131 g/mol. The van der Waals surface area contributed by atoms with Gasteiger partial charge in [0.05, 0.1) is 17.2 Å². The fraction of sp³-hybridized carbons (Fsp3) is 0.125. The number of hydrogen-bond acceptors (Lipinski definition) is 1. The molecule has 0 atom stereocenters. The number of hydrogen-bond donors (Lipinski definition) is 1. The highest BCUT2D eigenvalue weighted by Gasteiger charge is 1.93. The van der Waals surface area contributed by atoms with Crippen molar-refractivity contribution in [3.05, 3.63) is 30.1 Å². The zero-order chi connectivity index (χ0) is 6.97. The van der Waals surface area contributed by atoms with Crippen LogP contribution in [0.3, 0.4) is 0 Å². The first-order valence-corrected chi connectivity index (χ1v) is 3.18. The number of H-pyrrole nitrogens is 1. The molecule has 0 aliphatic rings. The number of nitrogens with one attached hydrogen (secondary N) is 1. The third kappa shape index (κ3) is 0.692. The first kappa shape index (κ1) is 5.47. The Morgan fingerprint density at radius 2 is 2.50 bits per heavy atom. The van der Waals surface area contributed by atoms with Gasteiger partial charge in [0.25, 0.3) is 0 Å². The average Bonchev–Trinajstić information content (AvgIpc) is 2.33. The van der Waals surface area contributed by atoms with Crippen LogP contribution in [0.4, 0.5) is 0 Å². The topological polar surface area (TPSA) is 28.7 Å². The number of aromatic amines is 1. The van der Waals surface area contributed by atoms with Gasteiger partial charge >= 0.3 is 0 Å². The molecule has 2 rings (SSSR count). The maximum atomic E-state index is 4.18. The molecule has 2 heterocycles. The maximum Gasteiger partial charge on any atom is 0.0886 e. The monoisotopic (exact) mass is 131 g/mol. The summed E-state index contributed by atoms with van der Waals surface area (Å²) >= 11 is 0. The van der Waals surface area contributed by atoms with Crippen LogP contribution in [0.25, 0.3) is 11.0 Å². The van der Waals surface area contributed by atoms with Gasteiger partial charge in [-0.1, -0.05) is 0 Å². The van der Waals surface area contributed by atoms with Gasteiger partial charge in [-0.05, 0) is 24.6 Å². The molecule has 1 radical (unpaired) electrons. The van der Waals surface area contributed by atoms with Crippen LogP contribution >= 0.6 is 0 Å². The molecule has 0 aromatic carbocycles. The SMILES string of the molecule is Cc1cnc2c[c][nH]c2c1. The van der Waals surface area contributed by atoms with Gasteiger partial charge in [-0.25, -0.2) is 0 Å². The van der Waals surface area contributed by atoms with Crippen LogP contribution in [0.2, 0.25) is 0 Å². The van der Waals surface area contributed by atoms with E-state index in [0.717, 1.165) is 11.0 Å². The Labute approximate surface area is 58.9 Å². The van der Waals surface area contributed by atoms with Crippen molar-refractivity contribution in [1.29, 1.82) is 0 Å². The zero-order valence-corrected chi connectivity index (χ0v) is 5.68. The van der Waals surface area contributed by atoms with Gasteiger partial charge in [0, 0.05) is 6.20 Å². The minimum absolute atomic E-state index is 0.977. The Morgan fingerprint density at radius 1 is 1.60 bits per heavy atom. The molecule has 49 valence electrons. The molecular formula is C8H7N2. The van der Waals surface area contributed by atoms with Crippen LogP contribution in [0, 0.1) is 13.1 Å². The van der Waals surface area contributed by atoms with Crippen LogP contribution in [-0.4, -0.2) is 9.97 Å². The van der Waals surface area contributed by atoms with E-state index in [9.17, 15) is 0 Å². The summed E-state index contributed by atoms with van der Waals surface area (Å²) in [5.41, 5.74) is 3.20. The molecule has 0 bridgehead atoms. The Bertz CT molecular complexity index is 349. The predicted octanol–water partition coefficient (Wildman–Crippen LogP) is 1.67. The number of aromatic nitrogens is 2. The smallest absolute Gasteiger partial charge is 0.0886 e. The maximum absolute atomic E-state index is 4.18. The van der Waals surface area contributed by atoms with Crippen LogP contribution in [0.1, 0.15) is 5.56 Å². The van der Waals surface area contributed by atoms with E-state index in [1.165, 1.54) is 5.56 Å². The first-order valence-electron chi connectivity index (χ1n) is 3.18. The second kappa shape index (κ2) is 1.84. The Kier molecular flexibility index (Phi) is 1.01. The van der Waals surface area contributed by atoms with E-state index in [2.05, 4.69) is 22.2 Å². The molecule has 2 heteroatoms. The number of rotatable bonds is 0. The molecule has 1 N–H and O–H groups in total. The fourth-order valence-corrected chi connectivity index (χ4v) is 0.977. The van der Waals surface area contributed by atoms with E-state index in [0.29, 0.717) is 0 Å². The van der Waals surface area contributed by atoms with E-state index in [4.69, 9.17) is 0 Å². The van der Waals surface area contributed by atoms with E-state index in [-0.39, 0.29) is 0 Å². The minimum Gasteiger partial charge on any atom is -0.352 e. The quantitative estimate of drug-likeness (QED) is 0.578. The van der Waals surface area contributed by atoms with Crippen molar-refractivity contribution in [1.82, 2.24) is 9.97 Å². The highest BCUT2D eigenvalue weighted by molar-refractivity contribution is 5.74. The van der Waals surface area contributed by atoms with E-state index in [1.807, 2.05) is 19.2 Å². The lowest BCUT2D eigenvalue weighted by atomic mass is 10.3. The lowest BCUT2D eigenvalue weighted by Gasteiger charge is -1.89. The van der Waals surface area contributed by atoms with Crippen molar-refractivity contribution in [3.63, 3.8) is 0 Å². The Hall–Kier alpha value is -1.31. The van der Waals surface area contributed by atoms with Crippen LogP contribution in [-0.2, 0) is 0 Å². The second-order valence-electron chi connectivity index (χ2n) is 2.36. The third-order valence-electron chi connectivity index (χ3n) is 1.47. The summed E-state index contributed by atoms with van der Waals surface area (Å²) in [6.07, 6.45) is 4.73. The van der Waals surface area contributed by atoms with Crippen LogP contribution < -0.4 is 0 Å². The molecule has 0 aliphatic carbocycles. The van der Waals surface area contributed by atoms with Gasteiger partial charge in [0.1, 0.15) is 0 Å². The summed E-state index contributed by atoms with van der Waals surface area (Å²) in [6, 6.07) is 3.90. The summed E-state index contributed by atoms with van der Waals surface area (Å²) in [7, 11) is 0. The third-order valence-corrected chi connectivity index (χ3v) is 1.47. The van der Waals surface area contributed by atoms with E-state index >= 15 is 0 Å². The molecule has 0 saturated heterocycles. The van der Waals surface area contributed by atoms with Crippen molar-refractivity contribution in [2.45, 2.75) is 6.92 Å². The van der Waals surface area contributed by atoms with E-state index in [1.54, 1.807) is 0 Å². The molecular weight excluding hydrogens is 124 g/mol. The van der Waals surface area contributed by atoms with E-state index < -0.39 is 0 Å². The number of pyridine rings is 1. The summed E-state index contributed by atoms with van der Waals surface area (Å²) in [4.78, 5) is 7.15. The summed E-state index contributed by atoms with van der Waals surface area (Å²) in [5.74, 6) is 0. The van der Waals surface area contributed by atoms with Crippen molar-refractivity contribution in [3.8, 4) is 0 Å². The van der Waals surface area contributed by atoms with Crippen molar-refractivity contribution < 1.29 is 0 Å². The number of fused-ring (bicyclic) bond motifs is 1. The van der Waals surface area contributed by atoms with Gasteiger partial charge in [-0.3, -0.25) is 4.98 Å². The molecule has 0 saturated carbocycles. The highest BCUT2D eigenvalue weighted by atomic mass is 14.7. The number of nitrogens with zero attached hydrogens (tertiary/aromatic N) is 1. The van der Waals surface area contributed by atoms with Crippen molar-refractivity contribution in [2.24, 2.45) is 0 Å². The number of aryl methyl sites for hydroxylation is 1. The van der Waals surface area contributed by atoms with Crippen molar-refractivity contribution >= 4 is 11.0 Å². The predicted molar refractivity (Wildman–Crippen MR) is 39.7 cm³/mol. The molecule has 0 unspecified atom stereocenters. The van der Waals surface area contributed by atoms with Gasteiger partial charge in [0.15, 0.2) is 0 Å². The van der Waals surface area contributed by atoms with Gasteiger partial charge in [-0.2, -0.15) is 0 Å². The minimum atomic E-state index is 0.977. The second-order valence-corrected chi connectivity index (χ2v) is 2.36. The lowest BCUT2D eigenvalue weighted by molar-refractivity contribution is 1.33. The molecule has 2 nitrogen and oxygen atoms in total. The van der Waals surface area contributed by atoms with Crippen molar-refractivity contribution in [2.75, 3.05) is 0 Å². The lowest BCUT2D eigenvalue weighted by Crippen LogP contribution is -1.76. The molecule has 0 spiro atoms. The van der Waals surface area contributed by atoms with Gasteiger partial charge in [-0.15, -0.1) is 0 Å². The molecule has 2 aromatic heterocycles. The highest BCUT2D eigenvalue weighted by Crippen LogP contribution is 2.08. The van der Waals surface area contributed by atoms with Crippen LogP contribution in [0.15, 0.2) is 18.3 Å². The summed E-state index contributed by atoms with van der Waals surface area (Å²) in [6.45, 7) is 2.02.